The van der Waals surface area contributed by atoms with Crippen LogP contribution in [0.3, 0.4) is 0 Å². The largest absolute Gasteiger partial charge is 0.345 e. The van der Waals surface area contributed by atoms with Gasteiger partial charge in [-0.2, -0.15) is 0 Å². The van der Waals surface area contributed by atoms with Crippen LogP contribution in [0.25, 0.3) is 0 Å². The van der Waals surface area contributed by atoms with Crippen molar-refractivity contribution in [2.45, 2.75) is 32.4 Å². The first kappa shape index (κ1) is 18.3. The molecular formula is C15H22N2O4S. The lowest BCUT2D eigenvalue weighted by Crippen LogP contribution is -2.52. The Morgan fingerprint density at radius 3 is 2.27 bits per heavy atom. The molecule has 1 aromatic rings. The summed E-state index contributed by atoms with van der Waals surface area (Å²) in [5.41, 5.74) is 0.914. The van der Waals surface area contributed by atoms with Gasteiger partial charge >= 0.3 is 0 Å². The topological polar surface area (TPSA) is 92.3 Å². The molecule has 0 radical (unpaired) electrons. The molecular weight excluding hydrogens is 304 g/mol. The maximum absolute atomic E-state index is 12.2. The Kier molecular flexibility index (Phi) is 6.70. The molecule has 7 heteroatoms. The van der Waals surface area contributed by atoms with Crippen molar-refractivity contribution in [2.24, 2.45) is 5.92 Å². The van der Waals surface area contributed by atoms with Crippen molar-refractivity contribution in [3.8, 4) is 0 Å². The molecule has 22 heavy (non-hydrogen) atoms. The molecule has 0 saturated heterocycles. The van der Waals surface area contributed by atoms with Crippen LogP contribution >= 0.6 is 0 Å². The number of hydrogen-bond donors (Lipinski definition) is 2. The second-order valence-electron chi connectivity index (χ2n) is 5.55. The van der Waals surface area contributed by atoms with E-state index in [1.807, 2.05) is 30.3 Å². The fraction of sp³-hybridized carbons (Fsp3) is 0.467. The molecule has 0 spiro atoms. The Morgan fingerprint density at radius 2 is 1.82 bits per heavy atom. The molecule has 0 heterocycles. The van der Waals surface area contributed by atoms with E-state index >= 15 is 0 Å². The summed E-state index contributed by atoms with van der Waals surface area (Å²) in [5.74, 6) is -0.743. The summed E-state index contributed by atoms with van der Waals surface area (Å²) in [6.07, 6.45) is 2.01. The molecule has 1 unspecified atom stereocenters. The zero-order chi connectivity index (χ0) is 16.8. The number of carbonyl (C=O) groups excluding carboxylic acids is 2. The lowest BCUT2D eigenvalue weighted by molar-refractivity contribution is -0.126. The molecule has 6 nitrogen and oxygen atoms in total. The van der Waals surface area contributed by atoms with Crippen molar-refractivity contribution in [1.82, 2.24) is 10.0 Å². The molecule has 2 atom stereocenters. The zero-order valence-corrected chi connectivity index (χ0v) is 13.8. The zero-order valence-electron chi connectivity index (χ0n) is 12.9. The molecule has 1 amide bonds. The fourth-order valence-electron chi connectivity index (χ4n) is 2.00. The third kappa shape index (κ3) is 6.36. The Labute approximate surface area is 131 Å². The Hall–Kier alpha value is -1.73. The van der Waals surface area contributed by atoms with E-state index in [0.717, 1.165) is 11.8 Å². The third-order valence-corrected chi connectivity index (χ3v) is 3.76. The number of carbonyl (C=O) groups is 2. The van der Waals surface area contributed by atoms with Gasteiger partial charge in [-0.15, -0.1) is 0 Å². The summed E-state index contributed by atoms with van der Waals surface area (Å²) in [6.45, 7) is 3.46. The monoisotopic (exact) mass is 326 g/mol. The predicted molar refractivity (Wildman–Crippen MR) is 84.7 cm³/mol. The van der Waals surface area contributed by atoms with Gasteiger partial charge in [-0.05, 0) is 17.9 Å². The van der Waals surface area contributed by atoms with Crippen LogP contribution < -0.4 is 10.0 Å². The minimum Gasteiger partial charge on any atom is -0.345 e. The molecule has 122 valence electrons. The molecule has 0 fully saturated rings. The minimum absolute atomic E-state index is 0.237. The molecule has 0 aliphatic carbocycles. The highest BCUT2D eigenvalue weighted by Gasteiger charge is 2.27. The van der Waals surface area contributed by atoms with Crippen molar-refractivity contribution >= 4 is 22.2 Å². The van der Waals surface area contributed by atoms with Gasteiger partial charge in [0.25, 0.3) is 0 Å². The number of amides is 1. The molecule has 1 rings (SSSR count). The number of benzene rings is 1. The second kappa shape index (κ2) is 8.05. The normalized spacial score (nSPS) is 14.4. The van der Waals surface area contributed by atoms with Gasteiger partial charge in [0.2, 0.25) is 15.9 Å². The van der Waals surface area contributed by atoms with Crippen LogP contribution in [0.15, 0.2) is 30.3 Å². The molecule has 1 aromatic carbocycles. The maximum Gasteiger partial charge on any atom is 0.239 e. The van der Waals surface area contributed by atoms with Gasteiger partial charge in [-0.1, -0.05) is 44.2 Å². The van der Waals surface area contributed by atoms with Crippen molar-refractivity contribution < 1.29 is 18.0 Å². The van der Waals surface area contributed by atoms with Gasteiger partial charge in [0, 0.05) is 0 Å². The van der Waals surface area contributed by atoms with Crippen molar-refractivity contribution in [2.75, 3.05) is 6.26 Å². The number of aldehydes is 1. The van der Waals surface area contributed by atoms with Crippen LogP contribution in [0.1, 0.15) is 19.4 Å². The number of hydrogen-bond acceptors (Lipinski definition) is 4. The van der Waals surface area contributed by atoms with Crippen LogP contribution in [0.4, 0.5) is 0 Å². The number of nitrogens with one attached hydrogen (secondary N) is 2. The average Bonchev–Trinajstić information content (AvgIpc) is 2.43. The molecule has 0 saturated carbocycles. The second-order valence-corrected chi connectivity index (χ2v) is 7.33. The highest BCUT2D eigenvalue weighted by Crippen LogP contribution is 2.06. The summed E-state index contributed by atoms with van der Waals surface area (Å²) >= 11 is 0. The van der Waals surface area contributed by atoms with Gasteiger partial charge in [-0.25, -0.2) is 13.1 Å². The molecule has 0 aliphatic rings. The Morgan fingerprint density at radius 1 is 1.23 bits per heavy atom. The van der Waals surface area contributed by atoms with Crippen molar-refractivity contribution in [3.05, 3.63) is 35.9 Å². The van der Waals surface area contributed by atoms with Crippen molar-refractivity contribution in [3.63, 3.8) is 0 Å². The van der Waals surface area contributed by atoms with Crippen LogP contribution in [0.5, 0.6) is 0 Å². The van der Waals surface area contributed by atoms with Gasteiger partial charge in [0.15, 0.2) is 0 Å². The molecule has 0 aromatic heterocycles. The van der Waals surface area contributed by atoms with E-state index in [-0.39, 0.29) is 5.92 Å². The highest BCUT2D eigenvalue weighted by atomic mass is 32.2. The third-order valence-electron chi connectivity index (χ3n) is 3.08. The standard InChI is InChI=1S/C15H22N2O4S/c1-11(2)14(17-22(3,20)21)15(19)16-13(10-18)9-12-7-5-4-6-8-12/h4-8,10-11,13-14,17H,9H2,1-3H3,(H,16,19)/t13?,14-/m0/s1. The lowest BCUT2D eigenvalue weighted by Gasteiger charge is -2.22. The number of sulfonamides is 1. The van der Waals surface area contributed by atoms with Crippen LogP contribution in [0.2, 0.25) is 0 Å². The summed E-state index contributed by atoms with van der Waals surface area (Å²) in [6, 6.07) is 7.67. The fourth-order valence-corrected chi connectivity index (χ4v) is 2.84. The SMILES string of the molecule is CC(C)[C@H](NS(C)(=O)=O)C(=O)NC(C=O)Cc1ccccc1. The van der Waals surface area contributed by atoms with E-state index < -0.39 is 28.0 Å². The van der Waals surface area contributed by atoms with Crippen LogP contribution in [-0.2, 0) is 26.0 Å². The summed E-state index contributed by atoms with van der Waals surface area (Å²) in [5, 5.41) is 2.59. The van der Waals surface area contributed by atoms with Gasteiger partial charge in [0.05, 0.1) is 12.3 Å². The van der Waals surface area contributed by atoms with Gasteiger partial charge in [-0.3, -0.25) is 4.79 Å². The summed E-state index contributed by atoms with van der Waals surface area (Å²) in [7, 11) is -3.51. The Balaban J connectivity index is 2.75. The van der Waals surface area contributed by atoms with E-state index in [4.69, 9.17) is 0 Å². The van der Waals surface area contributed by atoms with E-state index in [1.54, 1.807) is 13.8 Å². The van der Waals surface area contributed by atoms with E-state index in [1.165, 1.54) is 0 Å². The molecule has 0 bridgehead atoms. The predicted octanol–water partition coefficient (Wildman–Crippen LogP) is 0.487. The smallest absolute Gasteiger partial charge is 0.239 e. The average molecular weight is 326 g/mol. The maximum atomic E-state index is 12.2. The Bertz CT molecular complexity index is 599. The van der Waals surface area contributed by atoms with E-state index in [0.29, 0.717) is 12.7 Å². The van der Waals surface area contributed by atoms with Crippen molar-refractivity contribution in [1.29, 1.82) is 0 Å². The first-order chi connectivity index (χ1) is 10.2. The van der Waals surface area contributed by atoms with Gasteiger partial charge in [0.1, 0.15) is 12.3 Å². The summed E-state index contributed by atoms with van der Waals surface area (Å²) < 4.78 is 25.0. The first-order valence-electron chi connectivity index (χ1n) is 7.00. The number of rotatable bonds is 8. The van der Waals surface area contributed by atoms with Crippen LogP contribution in [0, 0.1) is 5.92 Å². The van der Waals surface area contributed by atoms with Crippen LogP contribution in [-0.4, -0.2) is 39.0 Å². The van der Waals surface area contributed by atoms with E-state index in [2.05, 4.69) is 10.0 Å². The summed E-state index contributed by atoms with van der Waals surface area (Å²) in [4.78, 5) is 23.4. The quantitative estimate of drug-likeness (QED) is 0.680. The molecule has 2 N–H and O–H groups in total. The lowest BCUT2D eigenvalue weighted by atomic mass is 10.0. The van der Waals surface area contributed by atoms with Gasteiger partial charge < -0.3 is 10.1 Å². The molecule has 0 aliphatic heterocycles. The highest BCUT2D eigenvalue weighted by molar-refractivity contribution is 7.88. The minimum atomic E-state index is -3.51. The first-order valence-corrected chi connectivity index (χ1v) is 8.89. The van der Waals surface area contributed by atoms with E-state index in [9.17, 15) is 18.0 Å².